The van der Waals surface area contributed by atoms with Crippen molar-refractivity contribution < 1.29 is 14.3 Å². The molecule has 5 nitrogen and oxygen atoms in total. The fourth-order valence-electron chi connectivity index (χ4n) is 3.30. The summed E-state index contributed by atoms with van der Waals surface area (Å²) >= 11 is 0. The molecule has 3 atom stereocenters. The molecule has 0 radical (unpaired) electrons. The lowest BCUT2D eigenvalue weighted by atomic mass is 10.1. The van der Waals surface area contributed by atoms with E-state index in [1.807, 2.05) is 25.1 Å². The second kappa shape index (κ2) is 7.32. The summed E-state index contributed by atoms with van der Waals surface area (Å²) in [5.41, 5.74) is 7.75. The SMILES string of the molecule is Cc1ccc(NC(=O)C2CCC(N)C2)c(OCC2CCCO2)c1. The number of carbonyl (C=O) groups is 1. The van der Waals surface area contributed by atoms with Gasteiger partial charge in [0.05, 0.1) is 11.8 Å². The summed E-state index contributed by atoms with van der Waals surface area (Å²) < 4.78 is 11.5. The largest absolute Gasteiger partial charge is 0.489 e. The summed E-state index contributed by atoms with van der Waals surface area (Å²) in [6.07, 6.45) is 4.84. The molecule has 1 saturated carbocycles. The van der Waals surface area contributed by atoms with Crippen LogP contribution < -0.4 is 15.8 Å². The number of carbonyl (C=O) groups excluding carboxylic acids is 1. The number of ether oxygens (including phenoxy) is 2. The van der Waals surface area contributed by atoms with Gasteiger partial charge in [0.1, 0.15) is 12.4 Å². The highest BCUT2D eigenvalue weighted by Gasteiger charge is 2.28. The highest BCUT2D eigenvalue weighted by Crippen LogP contribution is 2.30. The minimum Gasteiger partial charge on any atom is -0.489 e. The minimum absolute atomic E-state index is 0.0114. The highest BCUT2D eigenvalue weighted by atomic mass is 16.5. The minimum atomic E-state index is 0.0114. The van der Waals surface area contributed by atoms with Crippen molar-refractivity contribution in [2.45, 2.75) is 51.2 Å². The molecule has 2 aliphatic rings. The molecule has 1 aromatic rings. The zero-order valence-electron chi connectivity index (χ0n) is 13.7. The Hall–Kier alpha value is -1.59. The molecule has 1 heterocycles. The van der Waals surface area contributed by atoms with Crippen LogP contribution in [0.15, 0.2) is 18.2 Å². The Morgan fingerprint density at radius 2 is 2.26 bits per heavy atom. The molecule has 0 aromatic heterocycles. The van der Waals surface area contributed by atoms with E-state index in [1.54, 1.807) is 0 Å². The lowest BCUT2D eigenvalue weighted by Gasteiger charge is -2.17. The van der Waals surface area contributed by atoms with Gasteiger partial charge in [-0.2, -0.15) is 0 Å². The van der Waals surface area contributed by atoms with Crippen LogP contribution in [0.1, 0.15) is 37.7 Å². The van der Waals surface area contributed by atoms with Crippen LogP contribution in [0.2, 0.25) is 0 Å². The Kier molecular flexibility index (Phi) is 5.18. The van der Waals surface area contributed by atoms with Crippen molar-refractivity contribution in [2.24, 2.45) is 11.7 Å². The standard InChI is InChI=1S/C18H26N2O3/c1-12-4-7-16(20-18(21)13-5-6-14(19)10-13)17(9-12)23-11-15-3-2-8-22-15/h4,7,9,13-15H,2-3,5-6,8,10-11,19H2,1H3,(H,20,21). The Labute approximate surface area is 137 Å². The van der Waals surface area contributed by atoms with Crippen LogP contribution in [0.4, 0.5) is 5.69 Å². The molecule has 2 fully saturated rings. The summed E-state index contributed by atoms with van der Waals surface area (Å²) in [4.78, 5) is 12.4. The number of hydrogen-bond donors (Lipinski definition) is 2. The van der Waals surface area contributed by atoms with Gasteiger partial charge in [0, 0.05) is 18.6 Å². The average molecular weight is 318 g/mol. The zero-order chi connectivity index (χ0) is 16.2. The van der Waals surface area contributed by atoms with Gasteiger partial charge in [-0.25, -0.2) is 0 Å². The molecule has 23 heavy (non-hydrogen) atoms. The molecular weight excluding hydrogens is 292 g/mol. The number of aryl methyl sites for hydroxylation is 1. The number of hydrogen-bond acceptors (Lipinski definition) is 4. The molecule has 1 aliphatic heterocycles. The molecule has 3 N–H and O–H groups in total. The van der Waals surface area contributed by atoms with E-state index in [2.05, 4.69) is 5.32 Å². The zero-order valence-corrected chi connectivity index (χ0v) is 13.7. The Balaban J connectivity index is 1.64. The third-order valence-electron chi connectivity index (χ3n) is 4.69. The predicted molar refractivity (Wildman–Crippen MR) is 89.6 cm³/mol. The van der Waals surface area contributed by atoms with Crippen LogP contribution in [-0.2, 0) is 9.53 Å². The van der Waals surface area contributed by atoms with Gasteiger partial charge in [0.2, 0.25) is 5.91 Å². The Morgan fingerprint density at radius 3 is 2.96 bits per heavy atom. The van der Waals surface area contributed by atoms with Crippen molar-refractivity contribution in [3.63, 3.8) is 0 Å². The van der Waals surface area contributed by atoms with Gasteiger partial charge in [-0.15, -0.1) is 0 Å². The maximum absolute atomic E-state index is 12.4. The Bertz CT molecular complexity index is 555. The summed E-state index contributed by atoms with van der Waals surface area (Å²) in [6, 6.07) is 6.01. The summed E-state index contributed by atoms with van der Waals surface area (Å²) in [6.45, 7) is 3.36. The van der Waals surface area contributed by atoms with Crippen LogP contribution in [-0.4, -0.2) is 31.3 Å². The molecule has 1 saturated heterocycles. The van der Waals surface area contributed by atoms with E-state index in [-0.39, 0.29) is 24.0 Å². The highest BCUT2D eigenvalue weighted by molar-refractivity contribution is 5.94. The monoisotopic (exact) mass is 318 g/mol. The fourth-order valence-corrected chi connectivity index (χ4v) is 3.30. The number of benzene rings is 1. The van der Waals surface area contributed by atoms with Gasteiger partial charge in [-0.1, -0.05) is 6.07 Å². The molecule has 1 amide bonds. The van der Waals surface area contributed by atoms with Crippen molar-refractivity contribution in [1.82, 2.24) is 0 Å². The van der Waals surface area contributed by atoms with Crippen LogP contribution in [0.3, 0.4) is 0 Å². The maximum atomic E-state index is 12.4. The van der Waals surface area contributed by atoms with Gasteiger partial charge in [-0.3, -0.25) is 4.79 Å². The summed E-state index contributed by atoms with van der Waals surface area (Å²) in [5, 5.41) is 3.02. The first-order valence-electron chi connectivity index (χ1n) is 8.53. The molecule has 0 bridgehead atoms. The molecule has 1 aromatic carbocycles. The molecule has 3 rings (SSSR count). The first-order valence-corrected chi connectivity index (χ1v) is 8.53. The first-order chi connectivity index (χ1) is 11.1. The summed E-state index contributed by atoms with van der Waals surface area (Å²) in [5.74, 6) is 0.775. The molecule has 126 valence electrons. The number of nitrogens with two attached hydrogens (primary N) is 1. The lowest BCUT2D eigenvalue weighted by Crippen LogP contribution is -2.24. The van der Waals surface area contributed by atoms with Crippen molar-refractivity contribution in [1.29, 1.82) is 0 Å². The Morgan fingerprint density at radius 1 is 1.39 bits per heavy atom. The fraction of sp³-hybridized carbons (Fsp3) is 0.611. The van der Waals surface area contributed by atoms with E-state index in [0.29, 0.717) is 6.61 Å². The van der Waals surface area contributed by atoms with Crippen LogP contribution in [0.5, 0.6) is 5.75 Å². The number of rotatable bonds is 5. The third-order valence-corrected chi connectivity index (χ3v) is 4.69. The van der Waals surface area contributed by atoms with Crippen molar-refractivity contribution in [3.05, 3.63) is 23.8 Å². The molecule has 3 unspecified atom stereocenters. The molecular formula is C18H26N2O3. The van der Waals surface area contributed by atoms with E-state index >= 15 is 0 Å². The molecule has 5 heteroatoms. The second-order valence-electron chi connectivity index (χ2n) is 6.70. The normalized spacial score (nSPS) is 27.1. The summed E-state index contributed by atoms with van der Waals surface area (Å²) in [7, 11) is 0. The second-order valence-corrected chi connectivity index (χ2v) is 6.70. The lowest BCUT2D eigenvalue weighted by molar-refractivity contribution is -0.119. The average Bonchev–Trinajstić information content (AvgIpc) is 3.18. The quantitative estimate of drug-likeness (QED) is 0.875. The van der Waals surface area contributed by atoms with E-state index < -0.39 is 0 Å². The number of amides is 1. The van der Waals surface area contributed by atoms with Gasteiger partial charge >= 0.3 is 0 Å². The van der Waals surface area contributed by atoms with Crippen LogP contribution >= 0.6 is 0 Å². The topological polar surface area (TPSA) is 73.6 Å². The van der Waals surface area contributed by atoms with Crippen LogP contribution in [0.25, 0.3) is 0 Å². The van der Waals surface area contributed by atoms with E-state index in [1.165, 1.54) is 0 Å². The van der Waals surface area contributed by atoms with Gasteiger partial charge in [0.15, 0.2) is 0 Å². The van der Waals surface area contributed by atoms with E-state index in [4.69, 9.17) is 15.2 Å². The van der Waals surface area contributed by atoms with Gasteiger partial charge < -0.3 is 20.5 Å². The van der Waals surface area contributed by atoms with Crippen molar-refractivity contribution in [3.8, 4) is 5.75 Å². The van der Waals surface area contributed by atoms with Crippen molar-refractivity contribution in [2.75, 3.05) is 18.5 Å². The van der Waals surface area contributed by atoms with Crippen molar-refractivity contribution >= 4 is 11.6 Å². The smallest absolute Gasteiger partial charge is 0.227 e. The predicted octanol–water partition coefficient (Wildman–Crippen LogP) is 2.62. The van der Waals surface area contributed by atoms with E-state index in [0.717, 1.165) is 55.7 Å². The van der Waals surface area contributed by atoms with E-state index in [9.17, 15) is 4.79 Å². The van der Waals surface area contributed by atoms with Gasteiger partial charge in [-0.05, 0) is 56.7 Å². The number of nitrogens with one attached hydrogen (secondary N) is 1. The van der Waals surface area contributed by atoms with Gasteiger partial charge in [0.25, 0.3) is 0 Å². The molecule has 1 aliphatic carbocycles. The maximum Gasteiger partial charge on any atom is 0.227 e. The third kappa shape index (κ3) is 4.24. The number of anilines is 1. The first kappa shape index (κ1) is 16.3. The van der Waals surface area contributed by atoms with Crippen LogP contribution in [0, 0.1) is 12.8 Å². The molecule has 0 spiro atoms.